The Morgan fingerprint density at radius 2 is 1.82 bits per heavy atom. The molecular weight excluding hydrogens is 424 g/mol. The number of carbonyl (C=O) groups is 2. The SMILES string of the molecule is COc1ccc(-c2nc(C(=O)N3CCN(C(=O)C4CC4)CC3)c(CN)o2)cc1OCC1CC1. The predicted octanol–water partition coefficient (Wildman–Crippen LogP) is 2.29. The molecule has 1 aromatic heterocycles. The molecule has 0 radical (unpaired) electrons. The van der Waals surface area contributed by atoms with Crippen LogP contribution < -0.4 is 15.2 Å². The molecule has 33 heavy (non-hydrogen) atoms. The minimum atomic E-state index is -0.220. The Balaban J connectivity index is 1.31. The number of aromatic nitrogens is 1. The zero-order chi connectivity index (χ0) is 22.9. The normalized spacial score (nSPS) is 18.4. The van der Waals surface area contributed by atoms with E-state index in [2.05, 4.69) is 4.98 Å². The van der Waals surface area contributed by atoms with E-state index < -0.39 is 0 Å². The van der Waals surface area contributed by atoms with E-state index in [0.29, 0.717) is 67.4 Å². The summed E-state index contributed by atoms with van der Waals surface area (Å²) in [5.74, 6) is 2.72. The molecule has 2 saturated carbocycles. The number of piperazine rings is 1. The number of hydrogen-bond donors (Lipinski definition) is 1. The lowest BCUT2D eigenvalue weighted by atomic mass is 10.2. The predicted molar refractivity (Wildman–Crippen MR) is 120 cm³/mol. The van der Waals surface area contributed by atoms with Crippen molar-refractivity contribution in [2.24, 2.45) is 17.6 Å². The van der Waals surface area contributed by atoms with Crippen molar-refractivity contribution in [2.75, 3.05) is 39.9 Å². The molecule has 5 rings (SSSR count). The molecule has 0 spiro atoms. The third-order valence-corrected chi connectivity index (χ3v) is 6.47. The van der Waals surface area contributed by atoms with Crippen molar-refractivity contribution in [1.82, 2.24) is 14.8 Å². The van der Waals surface area contributed by atoms with Gasteiger partial charge in [-0.15, -0.1) is 0 Å². The van der Waals surface area contributed by atoms with Gasteiger partial charge in [-0.05, 0) is 49.8 Å². The summed E-state index contributed by atoms with van der Waals surface area (Å²) in [5, 5.41) is 0. The second-order valence-corrected chi connectivity index (χ2v) is 9.01. The molecule has 0 unspecified atom stereocenters. The molecular formula is C24H30N4O5. The molecule has 176 valence electrons. The maximum atomic E-state index is 13.2. The minimum absolute atomic E-state index is 0.0649. The van der Waals surface area contributed by atoms with Crippen LogP contribution in [0.3, 0.4) is 0 Å². The standard InChI is InChI=1S/C24H30N4O5/c1-31-18-7-6-17(12-19(18)32-14-15-2-3-15)22-26-21(20(13-25)33-22)24(30)28-10-8-27(9-11-28)23(29)16-4-5-16/h6-7,12,15-16H,2-5,8-11,13-14,25H2,1H3. The van der Waals surface area contributed by atoms with Gasteiger partial charge in [0.2, 0.25) is 11.8 Å². The smallest absolute Gasteiger partial charge is 0.276 e. The molecule has 9 heteroatoms. The van der Waals surface area contributed by atoms with E-state index in [1.165, 1.54) is 12.8 Å². The average molecular weight is 455 g/mol. The van der Waals surface area contributed by atoms with E-state index in [4.69, 9.17) is 19.6 Å². The number of rotatable bonds is 8. The Kier molecular flexibility index (Phi) is 5.97. The molecule has 2 aliphatic carbocycles. The zero-order valence-corrected chi connectivity index (χ0v) is 18.9. The molecule has 0 atom stereocenters. The van der Waals surface area contributed by atoms with Gasteiger partial charge in [0.05, 0.1) is 20.3 Å². The lowest BCUT2D eigenvalue weighted by Gasteiger charge is -2.34. The highest BCUT2D eigenvalue weighted by Crippen LogP contribution is 2.36. The van der Waals surface area contributed by atoms with Gasteiger partial charge in [-0.1, -0.05) is 0 Å². The summed E-state index contributed by atoms with van der Waals surface area (Å²) < 4.78 is 17.2. The number of oxazole rings is 1. The highest BCUT2D eigenvalue weighted by Gasteiger charge is 2.36. The number of nitrogens with two attached hydrogens (primary N) is 1. The molecule has 3 aliphatic rings. The second kappa shape index (κ2) is 9.05. The summed E-state index contributed by atoms with van der Waals surface area (Å²) >= 11 is 0. The lowest BCUT2D eigenvalue weighted by Crippen LogP contribution is -2.51. The van der Waals surface area contributed by atoms with Crippen LogP contribution in [-0.2, 0) is 11.3 Å². The fraction of sp³-hybridized carbons (Fsp3) is 0.542. The Morgan fingerprint density at radius 1 is 1.09 bits per heavy atom. The fourth-order valence-electron chi connectivity index (χ4n) is 4.06. The number of ether oxygens (including phenoxy) is 2. The van der Waals surface area contributed by atoms with Gasteiger partial charge in [-0.3, -0.25) is 9.59 Å². The highest BCUT2D eigenvalue weighted by atomic mass is 16.5. The van der Waals surface area contributed by atoms with Crippen LogP contribution in [0, 0.1) is 11.8 Å². The van der Waals surface area contributed by atoms with Crippen LogP contribution in [0.2, 0.25) is 0 Å². The maximum Gasteiger partial charge on any atom is 0.276 e. The first kappa shape index (κ1) is 21.8. The van der Waals surface area contributed by atoms with Crippen molar-refractivity contribution < 1.29 is 23.5 Å². The molecule has 2 heterocycles. The molecule has 2 amide bonds. The number of benzene rings is 1. The first-order chi connectivity index (χ1) is 16.1. The van der Waals surface area contributed by atoms with Crippen molar-refractivity contribution in [3.63, 3.8) is 0 Å². The van der Waals surface area contributed by atoms with Crippen LogP contribution >= 0.6 is 0 Å². The van der Waals surface area contributed by atoms with Crippen LogP contribution in [0.4, 0.5) is 0 Å². The average Bonchev–Trinajstić information content (AvgIpc) is 3.79. The zero-order valence-electron chi connectivity index (χ0n) is 18.9. The third kappa shape index (κ3) is 4.68. The fourth-order valence-corrected chi connectivity index (χ4v) is 4.06. The van der Waals surface area contributed by atoms with Gasteiger partial charge in [0.1, 0.15) is 0 Å². The van der Waals surface area contributed by atoms with Crippen LogP contribution in [0.25, 0.3) is 11.5 Å². The summed E-state index contributed by atoms with van der Waals surface area (Å²) in [5.41, 5.74) is 6.79. The number of methoxy groups -OCH3 is 1. The molecule has 9 nitrogen and oxygen atoms in total. The van der Waals surface area contributed by atoms with Crippen LogP contribution in [0.15, 0.2) is 22.6 Å². The maximum absolute atomic E-state index is 13.2. The van der Waals surface area contributed by atoms with Crippen LogP contribution in [0.5, 0.6) is 11.5 Å². The summed E-state index contributed by atoms with van der Waals surface area (Å²) in [6.07, 6.45) is 4.35. The molecule has 1 saturated heterocycles. The Labute approximate surface area is 192 Å². The largest absolute Gasteiger partial charge is 0.493 e. The quantitative estimate of drug-likeness (QED) is 0.651. The van der Waals surface area contributed by atoms with Gasteiger partial charge in [0, 0.05) is 37.7 Å². The van der Waals surface area contributed by atoms with Crippen LogP contribution in [0.1, 0.15) is 41.9 Å². The summed E-state index contributed by atoms with van der Waals surface area (Å²) in [6, 6.07) is 5.46. The Bertz CT molecular complexity index is 1040. The van der Waals surface area contributed by atoms with Gasteiger partial charge in [0.25, 0.3) is 5.91 Å². The van der Waals surface area contributed by atoms with Crippen molar-refractivity contribution in [3.8, 4) is 23.0 Å². The van der Waals surface area contributed by atoms with Gasteiger partial charge in [-0.25, -0.2) is 4.98 Å². The van der Waals surface area contributed by atoms with Crippen LogP contribution in [-0.4, -0.2) is 66.5 Å². The molecule has 0 bridgehead atoms. The van der Waals surface area contributed by atoms with Gasteiger partial charge < -0.3 is 29.4 Å². The molecule has 1 aliphatic heterocycles. The van der Waals surface area contributed by atoms with Gasteiger partial charge in [-0.2, -0.15) is 0 Å². The van der Waals surface area contributed by atoms with Crippen molar-refractivity contribution >= 4 is 11.8 Å². The number of amides is 2. The summed E-state index contributed by atoms with van der Waals surface area (Å²) in [6.45, 7) is 2.76. The third-order valence-electron chi connectivity index (χ3n) is 6.47. The van der Waals surface area contributed by atoms with E-state index in [9.17, 15) is 9.59 Å². The van der Waals surface area contributed by atoms with E-state index in [1.54, 1.807) is 12.0 Å². The number of nitrogens with zero attached hydrogens (tertiary/aromatic N) is 3. The van der Waals surface area contributed by atoms with Crippen molar-refractivity contribution in [1.29, 1.82) is 0 Å². The van der Waals surface area contributed by atoms with E-state index in [0.717, 1.165) is 12.8 Å². The molecule has 3 fully saturated rings. The minimum Gasteiger partial charge on any atom is -0.493 e. The molecule has 2 aromatic rings. The first-order valence-electron chi connectivity index (χ1n) is 11.7. The molecule has 2 N–H and O–H groups in total. The van der Waals surface area contributed by atoms with E-state index >= 15 is 0 Å². The van der Waals surface area contributed by atoms with Gasteiger partial charge >= 0.3 is 0 Å². The topological polar surface area (TPSA) is 111 Å². The highest BCUT2D eigenvalue weighted by molar-refractivity contribution is 5.94. The summed E-state index contributed by atoms with van der Waals surface area (Å²) in [7, 11) is 1.60. The number of carbonyl (C=O) groups excluding carboxylic acids is 2. The van der Waals surface area contributed by atoms with Crippen molar-refractivity contribution in [2.45, 2.75) is 32.2 Å². The van der Waals surface area contributed by atoms with E-state index in [1.807, 2.05) is 23.1 Å². The van der Waals surface area contributed by atoms with Gasteiger partial charge in [0.15, 0.2) is 23.0 Å². The monoisotopic (exact) mass is 454 g/mol. The first-order valence-corrected chi connectivity index (χ1v) is 11.7. The number of hydrogen-bond acceptors (Lipinski definition) is 7. The van der Waals surface area contributed by atoms with Crippen molar-refractivity contribution in [3.05, 3.63) is 29.7 Å². The Morgan fingerprint density at radius 3 is 2.45 bits per heavy atom. The van der Waals surface area contributed by atoms with E-state index in [-0.39, 0.29) is 30.0 Å². The lowest BCUT2D eigenvalue weighted by molar-refractivity contribution is -0.134. The second-order valence-electron chi connectivity index (χ2n) is 9.01. The molecule has 1 aromatic carbocycles. The summed E-state index contributed by atoms with van der Waals surface area (Å²) in [4.78, 5) is 33.6. The Hall–Kier alpha value is -3.07.